The molecule has 0 aliphatic carbocycles. The molecule has 0 heterocycles. The molecule has 94 valence electrons. The third-order valence-corrected chi connectivity index (χ3v) is 3.39. The van der Waals surface area contributed by atoms with Gasteiger partial charge in [0.15, 0.2) is 0 Å². The van der Waals surface area contributed by atoms with E-state index < -0.39 is 10.0 Å². The predicted octanol–water partition coefficient (Wildman–Crippen LogP) is 0.735. The first-order valence-corrected chi connectivity index (χ1v) is 7.54. The Morgan fingerprint density at radius 1 is 1.29 bits per heavy atom. The average molecular weight is 321 g/mol. The van der Waals surface area contributed by atoms with Crippen molar-refractivity contribution in [3.63, 3.8) is 0 Å². The summed E-state index contributed by atoms with van der Waals surface area (Å²) in [6.45, 7) is 0.372. The molecule has 0 aliphatic heterocycles. The van der Waals surface area contributed by atoms with Crippen molar-refractivity contribution in [3.05, 3.63) is 29.8 Å². The van der Waals surface area contributed by atoms with E-state index >= 15 is 0 Å². The number of alkyl halides is 1. The van der Waals surface area contributed by atoms with Gasteiger partial charge in [-0.05, 0) is 17.7 Å². The molecule has 0 bridgehead atoms. The second-order valence-corrected chi connectivity index (χ2v) is 5.76. The number of benzene rings is 1. The highest BCUT2D eigenvalue weighted by Gasteiger charge is 2.06. The van der Waals surface area contributed by atoms with Crippen molar-refractivity contribution < 1.29 is 13.2 Å². The summed E-state index contributed by atoms with van der Waals surface area (Å²) < 4.78 is 22.0. The minimum absolute atomic E-state index is 0.0580. The highest BCUT2D eigenvalue weighted by molar-refractivity contribution is 9.09. The van der Waals surface area contributed by atoms with Crippen molar-refractivity contribution in [1.29, 1.82) is 0 Å². The molecule has 0 saturated heterocycles. The van der Waals surface area contributed by atoms with E-state index in [2.05, 4.69) is 21.2 Å². The topological polar surface area (TPSA) is 89.3 Å². The molecule has 0 spiro atoms. The molecule has 5 nitrogen and oxygen atoms in total. The van der Waals surface area contributed by atoms with Crippen LogP contribution in [0.2, 0.25) is 0 Å². The van der Waals surface area contributed by atoms with Crippen LogP contribution in [0.3, 0.4) is 0 Å². The third kappa shape index (κ3) is 4.84. The summed E-state index contributed by atoms with van der Waals surface area (Å²) in [4.78, 5) is 11.2. The van der Waals surface area contributed by atoms with Gasteiger partial charge >= 0.3 is 0 Å². The minimum atomic E-state index is -3.65. The Hall–Kier alpha value is -0.920. The van der Waals surface area contributed by atoms with Gasteiger partial charge in [-0.3, -0.25) is 4.79 Å². The quantitative estimate of drug-likeness (QED) is 0.784. The van der Waals surface area contributed by atoms with Gasteiger partial charge in [-0.2, -0.15) is 0 Å². The number of amides is 1. The van der Waals surface area contributed by atoms with Crippen LogP contribution in [0.4, 0.5) is 0 Å². The van der Waals surface area contributed by atoms with Gasteiger partial charge in [0.2, 0.25) is 15.9 Å². The Morgan fingerprint density at radius 2 is 1.88 bits per heavy atom. The van der Waals surface area contributed by atoms with Gasteiger partial charge in [0.1, 0.15) is 0 Å². The third-order valence-electron chi connectivity index (χ3n) is 2.06. The van der Waals surface area contributed by atoms with E-state index in [1.807, 2.05) is 0 Å². The number of carbonyl (C=O) groups excluding carboxylic acids is 1. The average Bonchev–Trinajstić information content (AvgIpc) is 2.26. The second kappa shape index (κ2) is 6.13. The van der Waals surface area contributed by atoms with E-state index in [1.165, 1.54) is 12.1 Å². The Morgan fingerprint density at radius 3 is 2.35 bits per heavy atom. The predicted molar refractivity (Wildman–Crippen MR) is 68.1 cm³/mol. The van der Waals surface area contributed by atoms with Gasteiger partial charge < -0.3 is 5.32 Å². The maximum absolute atomic E-state index is 11.2. The zero-order valence-electron chi connectivity index (χ0n) is 9.02. The highest BCUT2D eigenvalue weighted by Crippen LogP contribution is 2.08. The van der Waals surface area contributed by atoms with Crippen molar-refractivity contribution in [2.45, 2.75) is 17.9 Å². The Kier molecular flexibility index (Phi) is 5.10. The molecular weight excluding hydrogens is 308 g/mol. The van der Waals surface area contributed by atoms with E-state index in [0.29, 0.717) is 18.3 Å². The summed E-state index contributed by atoms with van der Waals surface area (Å²) >= 11 is 3.17. The van der Waals surface area contributed by atoms with Crippen molar-refractivity contribution >= 4 is 31.9 Å². The minimum Gasteiger partial charge on any atom is -0.352 e. The number of nitrogens with two attached hydrogens (primary N) is 1. The summed E-state index contributed by atoms with van der Waals surface area (Å²) in [5.41, 5.74) is 0.820. The molecule has 0 aromatic heterocycles. The van der Waals surface area contributed by atoms with Crippen LogP contribution in [-0.4, -0.2) is 19.7 Å². The SMILES string of the molecule is NS(=O)(=O)c1ccc(CNC(=O)CCBr)cc1. The normalized spacial score (nSPS) is 11.2. The molecule has 1 aromatic rings. The maximum Gasteiger partial charge on any atom is 0.238 e. The molecule has 3 N–H and O–H groups in total. The number of halogens is 1. The zero-order chi connectivity index (χ0) is 12.9. The van der Waals surface area contributed by atoms with Crippen molar-refractivity contribution in [3.8, 4) is 0 Å². The fraction of sp³-hybridized carbons (Fsp3) is 0.300. The van der Waals surface area contributed by atoms with Gasteiger partial charge in [0, 0.05) is 18.3 Å². The monoisotopic (exact) mass is 320 g/mol. The molecule has 0 fully saturated rings. The molecule has 1 rings (SSSR count). The standard InChI is InChI=1S/C10H13BrN2O3S/c11-6-5-10(14)13-7-8-1-3-9(4-2-8)17(12,15)16/h1-4H,5-7H2,(H,13,14)(H2,12,15,16). The first-order valence-electron chi connectivity index (χ1n) is 4.88. The largest absolute Gasteiger partial charge is 0.352 e. The molecule has 17 heavy (non-hydrogen) atoms. The second-order valence-electron chi connectivity index (χ2n) is 3.40. The first kappa shape index (κ1) is 14.1. The van der Waals surface area contributed by atoms with Crippen LogP contribution in [0.5, 0.6) is 0 Å². The van der Waals surface area contributed by atoms with Crippen LogP contribution in [0, 0.1) is 0 Å². The molecule has 0 unspecified atom stereocenters. The van der Waals surface area contributed by atoms with Gasteiger partial charge in [-0.15, -0.1) is 0 Å². The number of hydrogen-bond acceptors (Lipinski definition) is 3. The van der Waals surface area contributed by atoms with Crippen molar-refractivity contribution in [1.82, 2.24) is 5.32 Å². The number of sulfonamides is 1. The highest BCUT2D eigenvalue weighted by atomic mass is 79.9. The molecule has 7 heteroatoms. The lowest BCUT2D eigenvalue weighted by Gasteiger charge is -2.05. The first-order chi connectivity index (χ1) is 7.93. The van der Waals surface area contributed by atoms with E-state index in [9.17, 15) is 13.2 Å². The zero-order valence-corrected chi connectivity index (χ0v) is 11.4. The summed E-state index contributed by atoms with van der Waals surface area (Å²) in [6, 6.07) is 6.07. The lowest BCUT2D eigenvalue weighted by molar-refractivity contribution is -0.120. The van der Waals surface area contributed by atoms with Crippen LogP contribution in [0.1, 0.15) is 12.0 Å². The molecule has 0 aliphatic rings. The van der Waals surface area contributed by atoms with E-state index in [0.717, 1.165) is 5.56 Å². The summed E-state index contributed by atoms with van der Waals surface area (Å²) in [5.74, 6) is -0.0580. The van der Waals surface area contributed by atoms with Gasteiger partial charge in [0.05, 0.1) is 4.90 Å². The van der Waals surface area contributed by atoms with Crippen molar-refractivity contribution in [2.75, 3.05) is 5.33 Å². The van der Waals surface area contributed by atoms with Gasteiger partial charge in [0.25, 0.3) is 0 Å². The Labute approximate surface area is 109 Å². The molecule has 0 atom stereocenters. The number of rotatable bonds is 5. The summed E-state index contributed by atoms with van der Waals surface area (Å²) in [5, 5.41) is 8.29. The van der Waals surface area contributed by atoms with Crippen LogP contribution >= 0.6 is 15.9 Å². The molecule has 1 aromatic carbocycles. The lowest BCUT2D eigenvalue weighted by Crippen LogP contribution is -2.22. The van der Waals surface area contributed by atoms with Crippen LogP contribution in [0.15, 0.2) is 29.2 Å². The Balaban J connectivity index is 2.60. The molecular formula is C10H13BrN2O3S. The van der Waals surface area contributed by atoms with Gasteiger partial charge in [-0.25, -0.2) is 13.6 Å². The maximum atomic E-state index is 11.2. The fourth-order valence-corrected chi connectivity index (χ4v) is 2.05. The lowest BCUT2D eigenvalue weighted by atomic mass is 10.2. The van der Waals surface area contributed by atoms with Crippen LogP contribution < -0.4 is 10.5 Å². The Bertz CT molecular complexity index is 485. The van der Waals surface area contributed by atoms with E-state index in [-0.39, 0.29) is 10.8 Å². The number of primary sulfonamides is 1. The number of nitrogens with one attached hydrogen (secondary N) is 1. The van der Waals surface area contributed by atoms with E-state index in [1.54, 1.807) is 12.1 Å². The number of hydrogen-bond donors (Lipinski definition) is 2. The smallest absolute Gasteiger partial charge is 0.238 e. The van der Waals surface area contributed by atoms with Crippen LogP contribution in [0.25, 0.3) is 0 Å². The number of carbonyl (C=O) groups is 1. The molecule has 0 saturated carbocycles. The van der Waals surface area contributed by atoms with E-state index in [4.69, 9.17) is 5.14 Å². The molecule has 1 amide bonds. The summed E-state index contributed by atoms with van der Waals surface area (Å²) in [6.07, 6.45) is 0.412. The van der Waals surface area contributed by atoms with Crippen LogP contribution in [-0.2, 0) is 21.4 Å². The van der Waals surface area contributed by atoms with Crippen molar-refractivity contribution in [2.24, 2.45) is 5.14 Å². The fourth-order valence-electron chi connectivity index (χ4n) is 1.17. The summed E-state index contributed by atoms with van der Waals surface area (Å²) in [7, 11) is -3.65. The van der Waals surface area contributed by atoms with Gasteiger partial charge in [-0.1, -0.05) is 28.1 Å². The molecule has 0 radical (unpaired) electrons.